The molecule has 0 bridgehead atoms. The van der Waals surface area contributed by atoms with Crippen LogP contribution >= 0.6 is 27.7 Å². The Morgan fingerprint density at radius 1 is 1.40 bits per heavy atom. The van der Waals surface area contributed by atoms with Crippen molar-refractivity contribution in [1.82, 2.24) is 14.9 Å². The average molecular weight is 353 g/mol. The maximum atomic E-state index is 5.25. The molecule has 104 valence electrons. The van der Waals surface area contributed by atoms with Crippen LogP contribution in [0.2, 0.25) is 0 Å². The molecule has 0 spiro atoms. The van der Waals surface area contributed by atoms with Gasteiger partial charge in [0.05, 0.1) is 17.3 Å². The monoisotopic (exact) mass is 352 g/mol. The molecule has 5 nitrogen and oxygen atoms in total. The van der Waals surface area contributed by atoms with Crippen LogP contribution in [0.3, 0.4) is 0 Å². The Morgan fingerprint density at radius 2 is 2.25 bits per heavy atom. The summed E-state index contributed by atoms with van der Waals surface area (Å²) in [5.74, 6) is 2.50. The van der Waals surface area contributed by atoms with E-state index >= 15 is 0 Å². The second kappa shape index (κ2) is 5.57. The lowest BCUT2D eigenvalue weighted by Gasteiger charge is -2.14. The lowest BCUT2D eigenvalue weighted by atomic mass is 10.1. The Morgan fingerprint density at radius 3 is 2.95 bits per heavy atom. The third-order valence-electron chi connectivity index (χ3n) is 3.04. The first-order valence-corrected chi connectivity index (χ1v) is 7.99. The minimum absolute atomic E-state index is 0.792. The van der Waals surface area contributed by atoms with E-state index in [0.29, 0.717) is 0 Å². The van der Waals surface area contributed by atoms with Gasteiger partial charge in [-0.1, -0.05) is 18.7 Å². The van der Waals surface area contributed by atoms with Crippen LogP contribution in [-0.4, -0.2) is 33.4 Å². The molecule has 1 aliphatic heterocycles. The average Bonchev–Trinajstić information content (AvgIpc) is 2.89. The number of halogens is 1. The molecule has 3 rings (SSSR count). The van der Waals surface area contributed by atoms with Gasteiger partial charge in [0.25, 0.3) is 0 Å². The minimum atomic E-state index is 0.792. The highest BCUT2D eigenvalue weighted by Crippen LogP contribution is 2.29. The van der Waals surface area contributed by atoms with Gasteiger partial charge < -0.3 is 4.74 Å². The van der Waals surface area contributed by atoms with Gasteiger partial charge >= 0.3 is 0 Å². The predicted molar refractivity (Wildman–Crippen MR) is 82.8 cm³/mol. The summed E-state index contributed by atoms with van der Waals surface area (Å²) in [6.07, 6.45) is 0.816. The summed E-state index contributed by atoms with van der Waals surface area (Å²) in [4.78, 5) is 0. The number of hydrogen-bond acceptors (Lipinski definition) is 5. The van der Waals surface area contributed by atoms with E-state index in [9.17, 15) is 0 Å². The van der Waals surface area contributed by atoms with Crippen LogP contribution in [0, 0.1) is 0 Å². The van der Waals surface area contributed by atoms with Crippen LogP contribution in [0.4, 0.5) is 0 Å². The van der Waals surface area contributed by atoms with Crippen molar-refractivity contribution in [3.8, 4) is 5.75 Å². The van der Waals surface area contributed by atoms with Gasteiger partial charge in [0.1, 0.15) is 5.75 Å². The molecule has 0 fully saturated rings. The Hall–Kier alpha value is -1.34. The van der Waals surface area contributed by atoms with Gasteiger partial charge in [-0.2, -0.15) is 9.78 Å². The summed E-state index contributed by atoms with van der Waals surface area (Å²) in [7, 11) is 1.66. The number of benzene rings is 1. The molecule has 0 aliphatic carbocycles. The van der Waals surface area contributed by atoms with Crippen LogP contribution in [0.1, 0.15) is 18.3 Å². The molecule has 0 radical (unpaired) electrons. The molecular weight excluding hydrogens is 340 g/mol. The Balaban J connectivity index is 2.01. The van der Waals surface area contributed by atoms with Crippen molar-refractivity contribution >= 4 is 33.4 Å². The number of aromatic nitrogens is 3. The smallest absolute Gasteiger partial charge is 0.212 e. The lowest BCUT2D eigenvalue weighted by molar-refractivity contribution is 0.412. The van der Waals surface area contributed by atoms with E-state index in [1.54, 1.807) is 18.9 Å². The molecule has 0 saturated heterocycles. The third-order valence-corrected chi connectivity index (χ3v) is 4.59. The molecule has 0 N–H and O–H groups in total. The fourth-order valence-electron chi connectivity index (χ4n) is 1.98. The van der Waals surface area contributed by atoms with Crippen molar-refractivity contribution in [2.24, 2.45) is 5.10 Å². The Kier molecular flexibility index (Phi) is 3.80. The maximum absolute atomic E-state index is 5.25. The van der Waals surface area contributed by atoms with E-state index in [2.05, 4.69) is 38.2 Å². The number of hydrogen-bond donors (Lipinski definition) is 0. The van der Waals surface area contributed by atoms with Crippen LogP contribution in [0.15, 0.2) is 32.9 Å². The molecule has 1 aliphatic rings. The van der Waals surface area contributed by atoms with Crippen molar-refractivity contribution in [1.29, 1.82) is 0 Å². The minimum Gasteiger partial charge on any atom is -0.496 e. The van der Waals surface area contributed by atoms with Crippen molar-refractivity contribution in [2.75, 3.05) is 12.9 Å². The molecule has 7 heteroatoms. The maximum Gasteiger partial charge on any atom is 0.212 e. The van der Waals surface area contributed by atoms with Gasteiger partial charge in [-0.25, -0.2) is 0 Å². The highest BCUT2D eigenvalue weighted by atomic mass is 79.9. The van der Waals surface area contributed by atoms with Gasteiger partial charge in [-0.3, -0.25) is 0 Å². The first-order valence-electron chi connectivity index (χ1n) is 6.21. The van der Waals surface area contributed by atoms with Crippen molar-refractivity contribution < 1.29 is 4.74 Å². The van der Waals surface area contributed by atoms with E-state index in [-0.39, 0.29) is 0 Å². The quantitative estimate of drug-likeness (QED) is 0.851. The molecule has 2 aromatic rings. The third kappa shape index (κ3) is 2.35. The largest absolute Gasteiger partial charge is 0.496 e. The standard InChI is InChI=1S/C13H13BrN4OS/c1-3-12-15-16-13-18(12)17-10(7-20-13)8-4-5-11(19-2)9(14)6-8/h4-6H,3,7H2,1-2H3. The van der Waals surface area contributed by atoms with E-state index < -0.39 is 0 Å². The summed E-state index contributed by atoms with van der Waals surface area (Å²) in [5.41, 5.74) is 2.09. The molecule has 2 heterocycles. The zero-order valence-corrected chi connectivity index (χ0v) is 13.5. The fraction of sp³-hybridized carbons (Fsp3) is 0.308. The Labute approximate surface area is 129 Å². The normalized spacial score (nSPS) is 13.8. The second-order valence-electron chi connectivity index (χ2n) is 4.25. The first-order chi connectivity index (χ1) is 9.72. The summed E-state index contributed by atoms with van der Waals surface area (Å²) in [6, 6.07) is 5.98. The number of rotatable bonds is 3. The van der Waals surface area contributed by atoms with Gasteiger partial charge in [-0.05, 0) is 34.1 Å². The van der Waals surface area contributed by atoms with Crippen LogP contribution in [-0.2, 0) is 6.42 Å². The van der Waals surface area contributed by atoms with E-state index in [4.69, 9.17) is 4.74 Å². The number of methoxy groups -OCH3 is 1. The highest BCUT2D eigenvalue weighted by Gasteiger charge is 2.19. The molecule has 1 aromatic carbocycles. The van der Waals surface area contributed by atoms with Gasteiger partial charge in [-0.15, -0.1) is 10.2 Å². The van der Waals surface area contributed by atoms with E-state index in [1.165, 1.54) is 0 Å². The van der Waals surface area contributed by atoms with Gasteiger partial charge in [0, 0.05) is 17.7 Å². The number of thioether (sulfide) groups is 1. The van der Waals surface area contributed by atoms with Gasteiger partial charge in [0.15, 0.2) is 5.82 Å². The SMILES string of the molecule is CCc1nnc2n1N=C(c1ccc(OC)c(Br)c1)CS2. The summed E-state index contributed by atoms with van der Waals surface area (Å²) < 4.78 is 8.01. The number of fused-ring (bicyclic) bond motifs is 1. The molecule has 0 amide bonds. The molecule has 1 aromatic heterocycles. The Bertz CT molecular complexity index is 683. The summed E-state index contributed by atoms with van der Waals surface area (Å²) in [6.45, 7) is 2.05. The zero-order chi connectivity index (χ0) is 14.1. The molecule has 0 saturated carbocycles. The topological polar surface area (TPSA) is 52.3 Å². The van der Waals surface area contributed by atoms with Crippen molar-refractivity contribution in [2.45, 2.75) is 18.5 Å². The summed E-state index contributed by atoms with van der Waals surface area (Å²) >= 11 is 5.16. The van der Waals surface area contributed by atoms with Crippen molar-refractivity contribution in [3.05, 3.63) is 34.1 Å². The predicted octanol–water partition coefficient (Wildman–Crippen LogP) is 2.97. The fourth-order valence-corrected chi connectivity index (χ4v) is 3.37. The van der Waals surface area contributed by atoms with Crippen LogP contribution in [0.5, 0.6) is 5.75 Å². The van der Waals surface area contributed by atoms with Crippen LogP contribution < -0.4 is 4.74 Å². The zero-order valence-electron chi connectivity index (χ0n) is 11.1. The molecule has 0 unspecified atom stereocenters. The number of nitrogens with zero attached hydrogens (tertiary/aromatic N) is 4. The molecular formula is C13H13BrN4OS. The summed E-state index contributed by atoms with van der Waals surface area (Å²) in [5, 5.41) is 13.8. The van der Waals surface area contributed by atoms with E-state index in [0.717, 1.165) is 44.7 Å². The second-order valence-corrected chi connectivity index (χ2v) is 6.05. The number of ether oxygens (including phenoxy) is 1. The van der Waals surface area contributed by atoms with Gasteiger partial charge in [0.2, 0.25) is 5.16 Å². The first kappa shape index (κ1) is 13.6. The van der Waals surface area contributed by atoms with Crippen molar-refractivity contribution in [3.63, 3.8) is 0 Å². The molecule has 0 atom stereocenters. The highest BCUT2D eigenvalue weighted by molar-refractivity contribution is 9.10. The van der Waals surface area contributed by atoms with E-state index in [1.807, 2.05) is 22.9 Å². The molecule has 20 heavy (non-hydrogen) atoms. The van der Waals surface area contributed by atoms with Crippen LogP contribution in [0.25, 0.3) is 0 Å². The lowest BCUT2D eigenvalue weighted by Crippen LogP contribution is -2.14. The number of aryl methyl sites for hydroxylation is 1.